The number of hydrogen-bond donors (Lipinski definition) is 1. The lowest BCUT2D eigenvalue weighted by atomic mass is 9.96. The third-order valence-electron chi connectivity index (χ3n) is 5.23. The fourth-order valence-electron chi connectivity index (χ4n) is 3.97. The lowest BCUT2D eigenvalue weighted by Crippen LogP contribution is -2.47. The number of rotatable bonds is 7. The summed E-state index contributed by atoms with van der Waals surface area (Å²) in [7, 11) is -3.38. The van der Waals surface area contributed by atoms with Gasteiger partial charge in [-0.25, -0.2) is 17.5 Å². The Hall–Kier alpha value is -2.25. The highest BCUT2D eigenvalue weighted by molar-refractivity contribution is 7.88. The van der Waals surface area contributed by atoms with Crippen molar-refractivity contribution in [1.82, 2.24) is 9.62 Å². The monoisotopic (exact) mass is 418 g/mol. The van der Waals surface area contributed by atoms with Gasteiger partial charge in [-0.1, -0.05) is 43.3 Å². The minimum absolute atomic E-state index is 0.0524. The summed E-state index contributed by atoms with van der Waals surface area (Å²) in [6.45, 7) is 2.50. The molecule has 1 N–H and O–H groups in total. The van der Waals surface area contributed by atoms with E-state index in [4.69, 9.17) is 0 Å². The molecule has 1 aliphatic heterocycles. The van der Waals surface area contributed by atoms with Gasteiger partial charge in [0.05, 0.1) is 12.3 Å². The molecule has 2 aromatic carbocycles. The van der Waals surface area contributed by atoms with Crippen LogP contribution in [0.5, 0.6) is 0 Å². The van der Waals surface area contributed by atoms with Gasteiger partial charge in [0.2, 0.25) is 15.9 Å². The fourth-order valence-corrected chi connectivity index (χ4v) is 4.80. The largest absolute Gasteiger partial charge is 0.338 e. The molecule has 2 atom stereocenters. The quantitative estimate of drug-likeness (QED) is 0.750. The molecule has 0 aromatic heterocycles. The highest BCUT2D eigenvalue weighted by Gasteiger charge is 2.37. The molecule has 1 aliphatic rings. The number of nitrogens with one attached hydrogen (secondary N) is 1. The maximum atomic E-state index is 13.6. The van der Waals surface area contributed by atoms with Crippen molar-refractivity contribution in [3.8, 4) is 11.1 Å². The van der Waals surface area contributed by atoms with Crippen molar-refractivity contribution in [2.24, 2.45) is 0 Å². The summed E-state index contributed by atoms with van der Waals surface area (Å²) < 4.78 is 39.9. The topological polar surface area (TPSA) is 66.5 Å². The Morgan fingerprint density at radius 1 is 1.17 bits per heavy atom. The molecule has 1 fully saturated rings. The molecule has 0 spiro atoms. The van der Waals surface area contributed by atoms with E-state index in [1.165, 1.54) is 12.1 Å². The van der Waals surface area contributed by atoms with Crippen LogP contribution in [0, 0.1) is 5.82 Å². The van der Waals surface area contributed by atoms with E-state index >= 15 is 0 Å². The van der Waals surface area contributed by atoms with Gasteiger partial charge in [-0.05, 0) is 48.1 Å². The number of likely N-dealkylation sites (tertiary alicyclic amines) is 1. The van der Waals surface area contributed by atoms with E-state index < -0.39 is 10.0 Å². The van der Waals surface area contributed by atoms with Crippen LogP contribution in [0.1, 0.15) is 31.7 Å². The lowest BCUT2D eigenvalue weighted by molar-refractivity contribution is -0.132. The average Bonchev–Trinajstić information content (AvgIpc) is 3.03. The first-order chi connectivity index (χ1) is 13.8. The second-order valence-corrected chi connectivity index (χ2v) is 9.38. The molecule has 0 saturated carbocycles. The van der Waals surface area contributed by atoms with E-state index in [0.29, 0.717) is 25.8 Å². The van der Waals surface area contributed by atoms with E-state index in [2.05, 4.69) is 4.72 Å². The van der Waals surface area contributed by atoms with Crippen LogP contribution in [-0.2, 0) is 21.2 Å². The number of carbonyl (C=O) groups is 1. The van der Waals surface area contributed by atoms with E-state index in [9.17, 15) is 17.6 Å². The van der Waals surface area contributed by atoms with Gasteiger partial charge in [-0.3, -0.25) is 4.79 Å². The van der Waals surface area contributed by atoms with Crippen molar-refractivity contribution in [2.75, 3.05) is 12.8 Å². The number of nitrogens with zero attached hydrogens (tertiary/aromatic N) is 1. The van der Waals surface area contributed by atoms with E-state index in [1.807, 2.05) is 37.3 Å². The third-order valence-corrected chi connectivity index (χ3v) is 5.96. The van der Waals surface area contributed by atoms with Crippen LogP contribution in [0.4, 0.5) is 4.39 Å². The third kappa shape index (κ3) is 5.64. The average molecular weight is 419 g/mol. The zero-order chi connectivity index (χ0) is 21.0. The highest BCUT2D eigenvalue weighted by atomic mass is 32.2. The number of hydrogen-bond acceptors (Lipinski definition) is 3. The van der Waals surface area contributed by atoms with Crippen molar-refractivity contribution >= 4 is 15.9 Å². The van der Waals surface area contributed by atoms with Crippen LogP contribution in [0.2, 0.25) is 0 Å². The summed E-state index contributed by atoms with van der Waals surface area (Å²) in [6.07, 6.45) is 3.47. The summed E-state index contributed by atoms with van der Waals surface area (Å²) in [5.41, 5.74) is 2.65. The van der Waals surface area contributed by atoms with Crippen LogP contribution in [0.25, 0.3) is 11.1 Å². The smallest absolute Gasteiger partial charge is 0.222 e. The van der Waals surface area contributed by atoms with E-state index in [-0.39, 0.29) is 23.8 Å². The van der Waals surface area contributed by atoms with Crippen LogP contribution >= 0.6 is 0 Å². The summed E-state index contributed by atoms with van der Waals surface area (Å²) in [5.74, 6) is -0.242. The molecule has 156 valence electrons. The number of amides is 1. The molecule has 7 heteroatoms. The van der Waals surface area contributed by atoms with Crippen LogP contribution in [-0.4, -0.2) is 44.1 Å². The van der Waals surface area contributed by atoms with Gasteiger partial charge < -0.3 is 4.90 Å². The first-order valence-electron chi connectivity index (χ1n) is 9.88. The maximum absolute atomic E-state index is 13.6. The van der Waals surface area contributed by atoms with Gasteiger partial charge in [-0.2, -0.15) is 0 Å². The molecule has 1 amide bonds. The predicted molar refractivity (Wildman–Crippen MR) is 112 cm³/mol. The molecule has 3 rings (SSSR count). The van der Waals surface area contributed by atoms with Gasteiger partial charge in [0.1, 0.15) is 5.82 Å². The summed E-state index contributed by atoms with van der Waals surface area (Å²) in [5, 5.41) is 0. The zero-order valence-corrected chi connectivity index (χ0v) is 17.6. The molecule has 0 radical (unpaired) electrons. The Labute approximate surface area is 172 Å². The lowest BCUT2D eigenvalue weighted by Gasteiger charge is -2.29. The Bertz CT molecular complexity index is 978. The molecule has 2 aromatic rings. The molecule has 29 heavy (non-hydrogen) atoms. The van der Waals surface area contributed by atoms with Gasteiger partial charge in [0.25, 0.3) is 0 Å². The van der Waals surface area contributed by atoms with Crippen molar-refractivity contribution < 1.29 is 17.6 Å². The fraction of sp³-hybridized carbons (Fsp3) is 0.409. The molecular weight excluding hydrogens is 391 g/mol. The SMILES string of the molecule is CCCC(=O)N1CC[C@H](NS(C)(=O)=O)[C@@H]1Cc1cccc(-c2cccc(F)c2)c1. The van der Waals surface area contributed by atoms with Crippen molar-refractivity contribution in [2.45, 2.75) is 44.7 Å². The first-order valence-corrected chi connectivity index (χ1v) is 11.8. The molecule has 5 nitrogen and oxygen atoms in total. The summed E-state index contributed by atoms with van der Waals surface area (Å²) >= 11 is 0. The van der Waals surface area contributed by atoms with Crippen LogP contribution < -0.4 is 4.72 Å². The standard InChI is InChI=1S/C22H27FN2O3S/c1-3-6-22(26)25-12-11-20(24-29(2,27)28)21(25)14-16-7-4-8-17(13-16)18-9-5-10-19(23)15-18/h4-5,7-10,13,15,20-21,24H,3,6,11-12,14H2,1-2H3/t20-,21-/m0/s1. The van der Waals surface area contributed by atoms with Crippen LogP contribution in [0.3, 0.4) is 0 Å². The minimum atomic E-state index is -3.38. The van der Waals surface area contributed by atoms with Crippen molar-refractivity contribution in [1.29, 1.82) is 0 Å². The summed E-state index contributed by atoms with van der Waals surface area (Å²) in [4.78, 5) is 14.4. The van der Waals surface area contributed by atoms with Gasteiger partial charge in [0, 0.05) is 19.0 Å². The number of halogens is 1. The Kier molecular flexibility index (Phi) is 6.70. The van der Waals surface area contributed by atoms with Gasteiger partial charge in [-0.15, -0.1) is 0 Å². The van der Waals surface area contributed by atoms with Gasteiger partial charge >= 0.3 is 0 Å². The maximum Gasteiger partial charge on any atom is 0.222 e. The number of carbonyl (C=O) groups excluding carboxylic acids is 1. The van der Waals surface area contributed by atoms with E-state index in [0.717, 1.165) is 29.4 Å². The Morgan fingerprint density at radius 2 is 1.86 bits per heavy atom. The van der Waals surface area contributed by atoms with Crippen molar-refractivity contribution in [3.05, 3.63) is 59.9 Å². The van der Waals surface area contributed by atoms with Gasteiger partial charge in [0.15, 0.2) is 0 Å². The Balaban J connectivity index is 1.87. The van der Waals surface area contributed by atoms with E-state index in [1.54, 1.807) is 11.0 Å². The molecule has 1 heterocycles. The highest BCUT2D eigenvalue weighted by Crippen LogP contribution is 2.26. The summed E-state index contributed by atoms with van der Waals surface area (Å²) in [6, 6.07) is 13.6. The number of benzene rings is 2. The Morgan fingerprint density at radius 3 is 2.52 bits per heavy atom. The molecule has 0 unspecified atom stereocenters. The molecular formula is C22H27FN2O3S. The first kappa shape index (κ1) is 21.5. The molecule has 0 bridgehead atoms. The second kappa shape index (κ2) is 9.05. The minimum Gasteiger partial charge on any atom is -0.338 e. The van der Waals surface area contributed by atoms with Crippen LogP contribution in [0.15, 0.2) is 48.5 Å². The van der Waals surface area contributed by atoms with Crippen molar-refractivity contribution in [3.63, 3.8) is 0 Å². The molecule has 0 aliphatic carbocycles. The zero-order valence-electron chi connectivity index (χ0n) is 16.8. The molecule has 1 saturated heterocycles. The predicted octanol–water partition coefficient (Wildman–Crippen LogP) is 3.35. The second-order valence-electron chi connectivity index (χ2n) is 7.60. The normalized spacial score (nSPS) is 19.5. The number of sulfonamides is 1.